The molecule has 1 rings (SSSR count). The Hall–Kier alpha value is 0.0200. The number of ketones is 1. The molecule has 0 aromatic heterocycles. The van der Waals surface area contributed by atoms with Gasteiger partial charge in [-0.2, -0.15) is 0 Å². The van der Waals surface area contributed by atoms with Crippen molar-refractivity contribution in [3.05, 3.63) is 0 Å². The summed E-state index contributed by atoms with van der Waals surface area (Å²) in [6.45, 7) is 1.97. The van der Waals surface area contributed by atoms with Gasteiger partial charge in [-0.25, -0.2) is 10.0 Å². The maximum absolute atomic E-state index is 11.1. The van der Waals surface area contributed by atoms with Gasteiger partial charge in [0.05, 0.1) is 0 Å². The minimum atomic E-state index is -0.330. The highest BCUT2D eigenvalue weighted by Crippen LogP contribution is 2.50. The maximum atomic E-state index is 11.1. The number of Topliss-reactive ketones (excluding diaryl/α,β-unsaturated/α-hetero) is 1. The van der Waals surface area contributed by atoms with Crippen molar-refractivity contribution < 1.29 is 4.79 Å². The van der Waals surface area contributed by atoms with Crippen LogP contribution < -0.4 is 0 Å². The first-order chi connectivity index (χ1) is 5.66. The van der Waals surface area contributed by atoms with Crippen molar-refractivity contribution in [2.75, 3.05) is 23.5 Å². The van der Waals surface area contributed by atoms with E-state index in [-0.39, 0.29) is 10.0 Å². The summed E-state index contributed by atoms with van der Waals surface area (Å²) in [6.07, 6.45) is 6.82. The summed E-state index contributed by atoms with van der Waals surface area (Å²) in [4.78, 5) is 11.1. The van der Waals surface area contributed by atoms with E-state index in [4.69, 9.17) is 0 Å². The third-order valence-electron chi connectivity index (χ3n) is 2.79. The van der Waals surface area contributed by atoms with Crippen LogP contribution in [0, 0.1) is 0 Å². The monoisotopic (exact) mass is 188 g/mol. The van der Waals surface area contributed by atoms with Gasteiger partial charge in [0.15, 0.2) is 0 Å². The van der Waals surface area contributed by atoms with E-state index in [9.17, 15) is 4.79 Å². The third kappa shape index (κ3) is 2.81. The summed E-state index contributed by atoms with van der Waals surface area (Å²) in [7, 11) is -0.330. The highest BCUT2D eigenvalue weighted by Gasteiger charge is 2.23. The fourth-order valence-corrected chi connectivity index (χ4v) is 4.88. The average Bonchev–Trinajstić information content (AvgIpc) is 2.49. The lowest BCUT2D eigenvalue weighted by molar-refractivity contribution is -0.118. The van der Waals surface area contributed by atoms with Gasteiger partial charge in [-0.3, -0.25) is 4.79 Å². The molecule has 0 amide bonds. The molecular formula is C10H20OS. The largest absolute Gasteiger partial charge is 0.300 e. The SMILES string of the molecule is CCC(=O)CCS1(C)CCCC1. The Balaban J connectivity index is 2.25. The molecule has 1 nitrogen and oxygen atoms in total. The van der Waals surface area contributed by atoms with Crippen molar-refractivity contribution in [1.29, 1.82) is 0 Å². The Morgan fingerprint density at radius 3 is 2.42 bits per heavy atom. The number of rotatable bonds is 4. The predicted molar refractivity (Wildman–Crippen MR) is 57.3 cm³/mol. The lowest BCUT2D eigenvalue weighted by atomic mass is 10.2. The molecule has 0 bridgehead atoms. The van der Waals surface area contributed by atoms with Crippen molar-refractivity contribution in [1.82, 2.24) is 0 Å². The van der Waals surface area contributed by atoms with Crippen LogP contribution in [0.15, 0.2) is 0 Å². The fraction of sp³-hybridized carbons (Fsp3) is 0.900. The van der Waals surface area contributed by atoms with E-state index in [0.717, 1.165) is 12.8 Å². The summed E-state index contributed by atoms with van der Waals surface area (Å²) in [5.74, 6) is 4.50. The zero-order valence-electron chi connectivity index (χ0n) is 8.27. The normalized spacial score (nSPS) is 23.8. The molecular weight excluding hydrogens is 168 g/mol. The molecule has 1 saturated heterocycles. The molecule has 1 fully saturated rings. The quantitative estimate of drug-likeness (QED) is 0.663. The van der Waals surface area contributed by atoms with Crippen molar-refractivity contribution in [3.63, 3.8) is 0 Å². The van der Waals surface area contributed by atoms with Gasteiger partial charge < -0.3 is 0 Å². The van der Waals surface area contributed by atoms with Gasteiger partial charge >= 0.3 is 0 Å². The Kier molecular flexibility index (Phi) is 3.63. The Morgan fingerprint density at radius 1 is 1.33 bits per heavy atom. The Bertz CT molecular complexity index is 159. The molecule has 0 aromatic carbocycles. The van der Waals surface area contributed by atoms with E-state index in [1.165, 1.54) is 30.1 Å². The second kappa shape index (κ2) is 4.31. The van der Waals surface area contributed by atoms with Gasteiger partial charge in [0, 0.05) is 12.8 Å². The van der Waals surface area contributed by atoms with Crippen LogP contribution in [0.1, 0.15) is 32.6 Å². The lowest BCUT2D eigenvalue weighted by Crippen LogP contribution is -2.09. The first kappa shape index (κ1) is 10.1. The van der Waals surface area contributed by atoms with Crippen LogP contribution >= 0.6 is 10.0 Å². The highest BCUT2D eigenvalue weighted by molar-refractivity contribution is 8.33. The standard InChI is InChI=1S/C10H20OS/c1-3-10(11)6-9-12(2)7-4-5-8-12/h3-9H2,1-2H3. The van der Waals surface area contributed by atoms with E-state index in [2.05, 4.69) is 6.26 Å². The molecule has 0 atom stereocenters. The zero-order chi connectivity index (χ0) is 9.03. The molecule has 0 N–H and O–H groups in total. The molecule has 0 aliphatic carbocycles. The fourth-order valence-electron chi connectivity index (χ4n) is 1.74. The summed E-state index contributed by atoms with van der Waals surface area (Å²) >= 11 is 0. The molecule has 1 aliphatic heterocycles. The summed E-state index contributed by atoms with van der Waals surface area (Å²) in [6, 6.07) is 0. The van der Waals surface area contributed by atoms with Gasteiger partial charge in [-0.15, -0.1) is 0 Å². The number of carbonyl (C=O) groups is 1. The average molecular weight is 188 g/mol. The first-order valence-electron chi connectivity index (χ1n) is 4.89. The van der Waals surface area contributed by atoms with Crippen LogP contribution in [-0.4, -0.2) is 29.3 Å². The second-order valence-corrected chi connectivity index (χ2v) is 8.12. The Morgan fingerprint density at radius 2 is 1.92 bits per heavy atom. The van der Waals surface area contributed by atoms with Gasteiger partial charge in [-0.1, -0.05) is 6.92 Å². The van der Waals surface area contributed by atoms with Crippen LogP contribution in [0.2, 0.25) is 0 Å². The van der Waals surface area contributed by atoms with Crippen LogP contribution in [0.25, 0.3) is 0 Å². The predicted octanol–water partition coefficient (Wildman–Crippen LogP) is 2.58. The molecule has 0 saturated carbocycles. The topological polar surface area (TPSA) is 17.1 Å². The van der Waals surface area contributed by atoms with Crippen LogP contribution in [-0.2, 0) is 4.79 Å². The zero-order valence-corrected chi connectivity index (χ0v) is 9.08. The number of hydrogen-bond donors (Lipinski definition) is 0. The van der Waals surface area contributed by atoms with Crippen molar-refractivity contribution in [2.45, 2.75) is 32.6 Å². The Labute approximate surface area is 77.2 Å². The van der Waals surface area contributed by atoms with Crippen LogP contribution in [0.5, 0.6) is 0 Å². The lowest BCUT2D eigenvalue weighted by Gasteiger charge is -2.29. The maximum Gasteiger partial charge on any atom is 0.133 e. The second-order valence-electron chi connectivity index (χ2n) is 3.94. The third-order valence-corrected chi connectivity index (χ3v) is 6.53. The molecule has 2 heteroatoms. The van der Waals surface area contributed by atoms with E-state index in [1.54, 1.807) is 0 Å². The number of carbonyl (C=O) groups excluding carboxylic acids is 1. The minimum Gasteiger partial charge on any atom is -0.300 e. The minimum absolute atomic E-state index is 0.330. The van der Waals surface area contributed by atoms with E-state index in [0.29, 0.717) is 5.78 Å². The van der Waals surface area contributed by atoms with Crippen molar-refractivity contribution in [3.8, 4) is 0 Å². The number of hydrogen-bond acceptors (Lipinski definition) is 1. The summed E-state index contributed by atoms with van der Waals surface area (Å²) in [5.41, 5.74) is 0. The summed E-state index contributed by atoms with van der Waals surface area (Å²) < 4.78 is 0. The smallest absolute Gasteiger partial charge is 0.133 e. The molecule has 0 unspecified atom stereocenters. The molecule has 12 heavy (non-hydrogen) atoms. The van der Waals surface area contributed by atoms with Gasteiger partial charge in [0.1, 0.15) is 5.78 Å². The first-order valence-corrected chi connectivity index (χ1v) is 7.44. The molecule has 1 heterocycles. The van der Waals surface area contributed by atoms with Crippen LogP contribution in [0.4, 0.5) is 0 Å². The van der Waals surface area contributed by atoms with E-state index in [1.807, 2.05) is 6.92 Å². The molecule has 0 aromatic rings. The van der Waals surface area contributed by atoms with Crippen LogP contribution in [0.3, 0.4) is 0 Å². The molecule has 72 valence electrons. The van der Waals surface area contributed by atoms with Gasteiger partial charge in [0.25, 0.3) is 0 Å². The van der Waals surface area contributed by atoms with E-state index >= 15 is 0 Å². The molecule has 1 aliphatic rings. The van der Waals surface area contributed by atoms with Crippen molar-refractivity contribution >= 4 is 15.8 Å². The van der Waals surface area contributed by atoms with E-state index < -0.39 is 0 Å². The summed E-state index contributed by atoms with van der Waals surface area (Å²) in [5, 5.41) is 0. The van der Waals surface area contributed by atoms with Gasteiger partial charge in [-0.05, 0) is 36.4 Å². The highest BCUT2D eigenvalue weighted by atomic mass is 32.3. The van der Waals surface area contributed by atoms with Gasteiger partial charge in [0.2, 0.25) is 0 Å². The molecule has 0 spiro atoms. The van der Waals surface area contributed by atoms with Crippen molar-refractivity contribution in [2.24, 2.45) is 0 Å². The molecule has 0 radical (unpaired) electrons.